The molecule has 0 spiro atoms. The Labute approximate surface area is 164 Å². The molecule has 1 fully saturated rings. The second-order valence-electron chi connectivity index (χ2n) is 8.76. The number of nitrogens with one attached hydrogen (secondary N) is 1. The molecule has 27 heavy (non-hydrogen) atoms. The predicted molar refractivity (Wildman–Crippen MR) is 111 cm³/mol. The summed E-state index contributed by atoms with van der Waals surface area (Å²) in [5, 5.41) is 3.58. The van der Waals surface area contributed by atoms with Crippen LogP contribution in [0.5, 0.6) is 0 Å². The fraction of sp³-hybridized carbons (Fsp3) is 0.583. The van der Waals surface area contributed by atoms with Crippen LogP contribution in [0.25, 0.3) is 0 Å². The van der Waals surface area contributed by atoms with Gasteiger partial charge in [0.25, 0.3) is 0 Å². The fourth-order valence-corrected chi connectivity index (χ4v) is 4.29. The lowest BCUT2D eigenvalue weighted by Gasteiger charge is -2.48. The van der Waals surface area contributed by atoms with Crippen molar-refractivity contribution in [1.82, 2.24) is 5.32 Å². The van der Waals surface area contributed by atoms with Gasteiger partial charge in [0.1, 0.15) is 5.76 Å². The number of hydrogen-bond acceptors (Lipinski definition) is 3. The van der Waals surface area contributed by atoms with E-state index in [1.165, 1.54) is 5.56 Å². The van der Waals surface area contributed by atoms with Gasteiger partial charge < -0.3 is 14.5 Å². The molecule has 1 aliphatic rings. The molecule has 1 aromatic heterocycles. The van der Waals surface area contributed by atoms with Crippen LogP contribution in [0.15, 0.2) is 53.1 Å². The minimum Gasteiger partial charge on any atom is -0.468 e. The SMILES string of the molecule is CC(C)C1CC(CCNCc2ccco2)(c2ccccc2)CC(C(C)C)O1. The zero-order valence-corrected chi connectivity index (χ0v) is 17.3. The second kappa shape index (κ2) is 9.07. The predicted octanol–water partition coefficient (Wildman–Crippen LogP) is 5.56. The van der Waals surface area contributed by atoms with Crippen LogP contribution in [0.4, 0.5) is 0 Å². The highest BCUT2D eigenvalue weighted by atomic mass is 16.5. The lowest BCUT2D eigenvalue weighted by molar-refractivity contribution is -0.118. The minimum absolute atomic E-state index is 0.166. The van der Waals surface area contributed by atoms with Crippen LogP contribution in [-0.4, -0.2) is 18.8 Å². The Morgan fingerprint density at radius 2 is 1.63 bits per heavy atom. The van der Waals surface area contributed by atoms with Crippen LogP contribution in [0.2, 0.25) is 0 Å². The Balaban J connectivity index is 1.78. The molecule has 2 aromatic rings. The zero-order valence-electron chi connectivity index (χ0n) is 17.3. The highest BCUT2D eigenvalue weighted by molar-refractivity contribution is 5.27. The molecule has 2 heterocycles. The van der Waals surface area contributed by atoms with Gasteiger partial charge in [0.15, 0.2) is 0 Å². The van der Waals surface area contributed by atoms with E-state index in [9.17, 15) is 0 Å². The summed E-state index contributed by atoms with van der Waals surface area (Å²) in [6, 6.07) is 15.1. The van der Waals surface area contributed by atoms with Crippen LogP contribution in [0.1, 0.15) is 58.3 Å². The molecule has 1 aliphatic heterocycles. The van der Waals surface area contributed by atoms with E-state index in [1.807, 2.05) is 12.1 Å². The molecule has 2 atom stereocenters. The molecule has 148 valence electrons. The van der Waals surface area contributed by atoms with E-state index < -0.39 is 0 Å². The Bertz CT molecular complexity index is 647. The van der Waals surface area contributed by atoms with E-state index in [2.05, 4.69) is 63.3 Å². The molecule has 2 unspecified atom stereocenters. The van der Waals surface area contributed by atoms with Gasteiger partial charge in [0, 0.05) is 5.41 Å². The van der Waals surface area contributed by atoms with Crippen molar-refractivity contribution in [3.63, 3.8) is 0 Å². The normalized spacial score (nSPS) is 26.0. The number of rotatable bonds is 8. The molecule has 1 saturated heterocycles. The Morgan fingerprint density at radius 1 is 0.963 bits per heavy atom. The lowest BCUT2D eigenvalue weighted by atomic mass is 9.66. The summed E-state index contributed by atoms with van der Waals surface area (Å²) < 4.78 is 12.0. The van der Waals surface area contributed by atoms with Crippen molar-refractivity contribution < 1.29 is 9.15 Å². The average molecular weight is 370 g/mol. The van der Waals surface area contributed by atoms with E-state index in [-0.39, 0.29) is 5.41 Å². The summed E-state index contributed by atoms with van der Waals surface area (Å²) in [7, 11) is 0. The van der Waals surface area contributed by atoms with Crippen molar-refractivity contribution in [2.75, 3.05) is 6.54 Å². The van der Waals surface area contributed by atoms with E-state index in [4.69, 9.17) is 9.15 Å². The number of benzene rings is 1. The summed E-state index contributed by atoms with van der Waals surface area (Å²) in [6.45, 7) is 10.9. The molecule has 0 amide bonds. The maximum absolute atomic E-state index is 6.52. The van der Waals surface area contributed by atoms with Crippen molar-refractivity contribution in [2.45, 2.75) is 71.1 Å². The molecule has 0 saturated carbocycles. The van der Waals surface area contributed by atoms with Crippen molar-refractivity contribution in [1.29, 1.82) is 0 Å². The first-order valence-electron chi connectivity index (χ1n) is 10.4. The summed E-state index contributed by atoms with van der Waals surface area (Å²) >= 11 is 0. The number of ether oxygens (including phenoxy) is 1. The average Bonchev–Trinajstić information content (AvgIpc) is 3.19. The summed E-state index contributed by atoms with van der Waals surface area (Å²) in [6.07, 6.45) is 5.68. The Kier molecular flexibility index (Phi) is 6.78. The molecule has 1 N–H and O–H groups in total. The van der Waals surface area contributed by atoms with Crippen LogP contribution in [-0.2, 0) is 16.7 Å². The standard InChI is InChI=1S/C24H35NO2/c1-18(2)22-15-24(16-23(27-22)19(3)4,20-9-6-5-7-10-20)12-13-25-17-21-11-8-14-26-21/h5-11,14,18-19,22-23,25H,12-13,15-17H2,1-4H3. The first-order chi connectivity index (χ1) is 13.0. The van der Waals surface area contributed by atoms with Crippen LogP contribution in [0.3, 0.4) is 0 Å². The van der Waals surface area contributed by atoms with Crippen molar-refractivity contribution in [3.05, 3.63) is 60.1 Å². The highest BCUT2D eigenvalue weighted by Gasteiger charge is 2.43. The van der Waals surface area contributed by atoms with Crippen LogP contribution < -0.4 is 5.32 Å². The summed E-state index contributed by atoms with van der Waals surface area (Å²) in [4.78, 5) is 0. The molecule has 3 rings (SSSR count). The van der Waals surface area contributed by atoms with Gasteiger partial charge in [-0.05, 0) is 55.3 Å². The Hall–Kier alpha value is -1.58. The van der Waals surface area contributed by atoms with Crippen molar-refractivity contribution in [2.24, 2.45) is 11.8 Å². The van der Waals surface area contributed by atoms with E-state index >= 15 is 0 Å². The fourth-order valence-electron chi connectivity index (χ4n) is 4.29. The quantitative estimate of drug-likeness (QED) is 0.619. The smallest absolute Gasteiger partial charge is 0.117 e. The van der Waals surface area contributed by atoms with Gasteiger partial charge in [-0.25, -0.2) is 0 Å². The first kappa shape index (κ1) is 20.2. The molecule has 1 aromatic carbocycles. The maximum atomic E-state index is 6.52. The zero-order chi connectivity index (χ0) is 19.3. The Morgan fingerprint density at radius 3 is 2.19 bits per heavy atom. The maximum Gasteiger partial charge on any atom is 0.117 e. The number of furan rings is 1. The molecular formula is C24H35NO2. The number of hydrogen-bond donors (Lipinski definition) is 1. The summed E-state index contributed by atoms with van der Waals surface area (Å²) in [5.74, 6) is 2.06. The van der Waals surface area contributed by atoms with E-state index in [0.717, 1.165) is 38.1 Å². The van der Waals surface area contributed by atoms with Gasteiger partial charge in [-0.2, -0.15) is 0 Å². The van der Waals surface area contributed by atoms with Gasteiger partial charge in [-0.1, -0.05) is 58.0 Å². The molecule has 0 radical (unpaired) electrons. The third-order valence-electron chi connectivity index (χ3n) is 6.07. The minimum atomic E-state index is 0.166. The monoisotopic (exact) mass is 369 g/mol. The topological polar surface area (TPSA) is 34.4 Å². The van der Waals surface area contributed by atoms with Crippen molar-refractivity contribution >= 4 is 0 Å². The molecular weight excluding hydrogens is 334 g/mol. The molecule has 0 bridgehead atoms. The van der Waals surface area contributed by atoms with Crippen LogP contribution >= 0.6 is 0 Å². The summed E-state index contributed by atoms with van der Waals surface area (Å²) in [5.41, 5.74) is 1.63. The van der Waals surface area contributed by atoms with Gasteiger partial charge >= 0.3 is 0 Å². The first-order valence-corrected chi connectivity index (χ1v) is 10.4. The van der Waals surface area contributed by atoms with Crippen molar-refractivity contribution in [3.8, 4) is 0 Å². The molecule has 3 heteroatoms. The third kappa shape index (κ3) is 5.03. The third-order valence-corrected chi connectivity index (χ3v) is 6.07. The molecule has 0 aliphatic carbocycles. The lowest BCUT2D eigenvalue weighted by Crippen LogP contribution is -2.48. The van der Waals surface area contributed by atoms with E-state index in [0.29, 0.717) is 24.0 Å². The highest BCUT2D eigenvalue weighted by Crippen LogP contribution is 2.45. The largest absolute Gasteiger partial charge is 0.468 e. The van der Waals surface area contributed by atoms with Gasteiger partial charge in [0.05, 0.1) is 25.0 Å². The van der Waals surface area contributed by atoms with Gasteiger partial charge in [0.2, 0.25) is 0 Å². The molecule has 3 nitrogen and oxygen atoms in total. The second-order valence-corrected chi connectivity index (χ2v) is 8.76. The van der Waals surface area contributed by atoms with Crippen LogP contribution in [0, 0.1) is 11.8 Å². The van der Waals surface area contributed by atoms with Gasteiger partial charge in [-0.15, -0.1) is 0 Å². The van der Waals surface area contributed by atoms with E-state index in [1.54, 1.807) is 6.26 Å². The van der Waals surface area contributed by atoms with Gasteiger partial charge in [-0.3, -0.25) is 0 Å².